The number of amides is 1. The van der Waals surface area contributed by atoms with Crippen molar-refractivity contribution >= 4 is 16.9 Å². The van der Waals surface area contributed by atoms with E-state index in [4.69, 9.17) is 18.6 Å². The predicted octanol–water partition coefficient (Wildman–Crippen LogP) is 2.60. The first-order valence-corrected chi connectivity index (χ1v) is 12.4. The number of carbonyl (C=O) groups is 1. The first-order chi connectivity index (χ1) is 16.4. The predicted molar refractivity (Wildman–Crippen MR) is 128 cm³/mol. The number of benzene rings is 1. The molecule has 0 unspecified atom stereocenters. The van der Waals surface area contributed by atoms with Crippen molar-refractivity contribution < 1.29 is 23.4 Å². The molecule has 34 heavy (non-hydrogen) atoms. The number of rotatable bonds is 6. The normalized spacial score (nSPS) is 19.7. The van der Waals surface area contributed by atoms with E-state index >= 15 is 0 Å². The Kier molecular flexibility index (Phi) is 6.53. The van der Waals surface area contributed by atoms with Gasteiger partial charge in [-0.25, -0.2) is 4.79 Å². The van der Waals surface area contributed by atoms with E-state index in [0.29, 0.717) is 23.6 Å². The minimum absolute atomic E-state index is 0.103. The molecule has 1 aromatic carbocycles. The van der Waals surface area contributed by atoms with Crippen LogP contribution in [0.2, 0.25) is 0 Å². The highest BCUT2D eigenvalue weighted by molar-refractivity contribution is 5.92. The van der Waals surface area contributed by atoms with Gasteiger partial charge in [0.2, 0.25) is 0 Å². The van der Waals surface area contributed by atoms with Crippen LogP contribution in [0.3, 0.4) is 0 Å². The number of carbonyl (C=O) groups excluding carboxylic acids is 1. The Balaban J connectivity index is 1.39. The van der Waals surface area contributed by atoms with Crippen LogP contribution in [0, 0.1) is 0 Å². The minimum atomic E-state index is -0.316. The molecule has 8 heteroatoms. The molecule has 2 aliphatic heterocycles. The maximum Gasteiger partial charge on any atom is 0.339 e. The van der Waals surface area contributed by atoms with Crippen LogP contribution in [0.25, 0.3) is 11.0 Å². The minimum Gasteiger partial charge on any atom is -0.487 e. The molecule has 1 fully saturated rings. The van der Waals surface area contributed by atoms with Crippen LogP contribution in [-0.4, -0.2) is 62.4 Å². The summed E-state index contributed by atoms with van der Waals surface area (Å²) in [4.78, 5) is 27.6. The molecule has 3 aliphatic rings. The topological polar surface area (TPSA) is 90.2 Å². The smallest absolute Gasteiger partial charge is 0.339 e. The van der Waals surface area contributed by atoms with Crippen molar-refractivity contribution in [3.05, 3.63) is 33.2 Å². The first kappa shape index (κ1) is 23.2. The van der Waals surface area contributed by atoms with E-state index < -0.39 is 0 Å². The molecule has 0 saturated carbocycles. The Labute approximate surface area is 199 Å². The van der Waals surface area contributed by atoms with Gasteiger partial charge in [0.25, 0.3) is 5.91 Å². The number of fused-ring (bicyclic) bond motifs is 5. The summed E-state index contributed by atoms with van der Waals surface area (Å²) in [7, 11) is 0. The van der Waals surface area contributed by atoms with Gasteiger partial charge in [-0.15, -0.1) is 0 Å². The van der Waals surface area contributed by atoms with Gasteiger partial charge in [0, 0.05) is 43.4 Å². The standard InChI is InChI=1S/C26H34N2O6/c1-26(2)8-7-19-20(34-26)15-21(23-17-5-3-4-6-18(17)25(30)33-24(19)23)32-16-22(29)27-9-10-28-11-13-31-14-12-28/h15H,3-14,16H2,1-2H3,(H,27,29). The van der Waals surface area contributed by atoms with Crippen LogP contribution in [0.5, 0.6) is 11.5 Å². The van der Waals surface area contributed by atoms with E-state index in [1.54, 1.807) is 0 Å². The van der Waals surface area contributed by atoms with E-state index in [-0.39, 0.29) is 23.7 Å². The van der Waals surface area contributed by atoms with Crippen molar-refractivity contribution in [3.63, 3.8) is 0 Å². The lowest BCUT2D eigenvalue weighted by atomic mass is 9.87. The largest absolute Gasteiger partial charge is 0.487 e. The number of aryl methyl sites for hydroxylation is 2. The van der Waals surface area contributed by atoms with Crippen molar-refractivity contribution in [3.8, 4) is 11.5 Å². The number of hydrogen-bond acceptors (Lipinski definition) is 7. The summed E-state index contributed by atoms with van der Waals surface area (Å²) >= 11 is 0. The Morgan fingerprint density at radius 3 is 2.68 bits per heavy atom. The van der Waals surface area contributed by atoms with Crippen molar-refractivity contribution in [2.24, 2.45) is 0 Å². The molecule has 1 aliphatic carbocycles. The average molecular weight is 471 g/mol. The van der Waals surface area contributed by atoms with Gasteiger partial charge >= 0.3 is 5.63 Å². The van der Waals surface area contributed by atoms with Crippen LogP contribution in [-0.2, 0) is 28.8 Å². The summed E-state index contributed by atoms with van der Waals surface area (Å²) in [6.45, 7) is 8.60. The van der Waals surface area contributed by atoms with E-state index in [9.17, 15) is 9.59 Å². The van der Waals surface area contributed by atoms with E-state index in [0.717, 1.165) is 93.4 Å². The van der Waals surface area contributed by atoms with Gasteiger partial charge in [0.05, 0.1) is 18.6 Å². The van der Waals surface area contributed by atoms with Gasteiger partial charge in [0.1, 0.15) is 22.7 Å². The molecule has 184 valence electrons. The zero-order valence-corrected chi connectivity index (χ0v) is 20.2. The molecule has 0 spiro atoms. The molecule has 2 aromatic rings. The molecule has 1 saturated heterocycles. The molecule has 0 radical (unpaired) electrons. The highest BCUT2D eigenvalue weighted by Gasteiger charge is 2.32. The molecule has 1 amide bonds. The van der Waals surface area contributed by atoms with Crippen molar-refractivity contribution in [2.75, 3.05) is 46.0 Å². The van der Waals surface area contributed by atoms with Gasteiger partial charge in [-0.1, -0.05) is 0 Å². The highest BCUT2D eigenvalue weighted by atomic mass is 16.5. The zero-order chi connectivity index (χ0) is 23.7. The lowest BCUT2D eigenvalue weighted by Crippen LogP contribution is -2.42. The summed E-state index contributed by atoms with van der Waals surface area (Å²) in [5.74, 6) is 1.05. The lowest BCUT2D eigenvalue weighted by molar-refractivity contribution is -0.123. The summed E-state index contributed by atoms with van der Waals surface area (Å²) in [6.07, 6.45) is 5.13. The van der Waals surface area contributed by atoms with E-state index in [1.165, 1.54) is 0 Å². The molecule has 1 N–H and O–H groups in total. The Morgan fingerprint density at radius 1 is 1.12 bits per heavy atom. The zero-order valence-electron chi connectivity index (χ0n) is 20.2. The van der Waals surface area contributed by atoms with Crippen LogP contribution in [0.15, 0.2) is 15.3 Å². The Bertz CT molecular complexity index is 1130. The second-order valence-electron chi connectivity index (χ2n) is 10.1. The second kappa shape index (κ2) is 9.58. The van der Waals surface area contributed by atoms with Crippen LogP contribution >= 0.6 is 0 Å². The molecular formula is C26H34N2O6. The quantitative estimate of drug-likeness (QED) is 0.649. The third-order valence-electron chi connectivity index (χ3n) is 7.09. The molecule has 0 atom stereocenters. The number of ether oxygens (including phenoxy) is 3. The van der Waals surface area contributed by atoms with Gasteiger partial charge in [0.15, 0.2) is 6.61 Å². The maximum absolute atomic E-state index is 12.8. The number of hydrogen-bond donors (Lipinski definition) is 1. The first-order valence-electron chi connectivity index (χ1n) is 12.4. The van der Waals surface area contributed by atoms with Gasteiger partial charge in [-0.3, -0.25) is 9.69 Å². The van der Waals surface area contributed by atoms with Crippen molar-refractivity contribution in [1.29, 1.82) is 0 Å². The fourth-order valence-corrected chi connectivity index (χ4v) is 5.20. The third-order valence-corrected chi connectivity index (χ3v) is 7.09. The van der Waals surface area contributed by atoms with E-state index in [1.807, 2.05) is 19.9 Å². The van der Waals surface area contributed by atoms with Crippen LogP contribution < -0.4 is 20.4 Å². The fraction of sp³-hybridized carbons (Fsp3) is 0.615. The molecule has 1 aromatic heterocycles. The van der Waals surface area contributed by atoms with Gasteiger partial charge in [-0.05, 0) is 57.9 Å². The van der Waals surface area contributed by atoms with E-state index in [2.05, 4.69) is 10.2 Å². The molecule has 5 rings (SSSR count). The maximum atomic E-state index is 12.8. The number of nitrogens with one attached hydrogen (secondary N) is 1. The molecule has 3 heterocycles. The monoisotopic (exact) mass is 470 g/mol. The summed E-state index contributed by atoms with van der Waals surface area (Å²) in [5, 5.41) is 3.78. The molecule has 8 nitrogen and oxygen atoms in total. The summed E-state index contributed by atoms with van der Waals surface area (Å²) < 4.78 is 23.5. The number of nitrogens with zero attached hydrogens (tertiary/aromatic N) is 1. The lowest BCUT2D eigenvalue weighted by Gasteiger charge is -2.33. The van der Waals surface area contributed by atoms with Gasteiger partial charge in [-0.2, -0.15) is 0 Å². The number of morpholine rings is 1. The average Bonchev–Trinajstić information content (AvgIpc) is 2.82. The van der Waals surface area contributed by atoms with Crippen molar-refractivity contribution in [1.82, 2.24) is 10.2 Å². The second-order valence-corrected chi connectivity index (χ2v) is 10.1. The van der Waals surface area contributed by atoms with Gasteiger partial charge < -0.3 is 23.9 Å². The Hall–Kier alpha value is -2.58. The summed E-state index contributed by atoms with van der Waals surface area (Å²) in [5.41, 5.74) is 2.66. The SMILES string of the molecule is CC1(C)CCc2c(cc(OCC(=O)NCCN3CCOCC3)c3c4c(c(=O)oc23)CCCC4)O1. The third kappa shape index (κ3) is 4.79. The highest BCUT2D eigenvalue weighted by Crippen LogP contribution is 2.44. The van der Waals surface area contributed by atoms with Crippen LogP contribution in [0.1, 0.15) is 49.8 Å². The van der Waals surface area contributed by atoms with Crippen molar-refractivity contribution in [2.45, 2.75) is 58.0 Å². The van der Waals surface area contributed by atoms with Crippen LogP contribution in [0.4, 0.5) is 0 Å². The summed E-state index contributed by atoms with van der Waals surface area (Å²) in [6, 6.07) is 1.88. The Morgan fingerprint density at radius 2 is 1.88 bits per heavy atom. The fourth-order valence-electron chi connectivity index (χ4n) is 5.20. The molecule has 0 bridgehead atoms. The molecular weight excluding hydrogens is 436 g/mol.